The van der Waals surface area contributed by atoms with E-state index in [-0.39, 0.29) is 6.61 Å². The lowest BCUT2D eigenvalue weighted by molar-refractivity contribution is 0.259. The van der Waals surface area contributed by atoms with E-state index in [1.165, 1.54) is 4.80 Å². The largest absolute Gasteiger partial charge is 0.394 e. The summed E-state index contributed by atoms with van der Waals surface area (Å²) in [5.41, 5.74) is 1.15. The number of aliphatic hydroxyl groups excluding tert-OH is 1. The van der Waals surface area contributed by atoms with E-state index in [2.05, 4.69) is 15.4 Å². The van der Waals surface area contributed by atoms with Crippen LogP contribution in [0.15, 0.2) is 30.3 Å². The molecule has 0 atom stereocenters. The Morgan fingerprint density at radius 3 is 2.73 bits per heavy atom. The van der Waals surface area contributed by atoms with Crippen LogP contribution in [0.1, 0.15) is 11.4 Å². The molecule has 5 nitrogen and oxygen atoms in total. The molecule has 1 aromatic carbocycles. The van der Waals surface area contributed by atoms with Gasteiger partial charge in [0.15, 0.2) is 5.82 Å². The molecule has 2 rings (SSSR count). The summed E-state index contributed by atoms with van der Waals surface area (Å²) in [6.45, 7) is 0.420. The van der Waals surface area contributed by atoms with Crippen LogP contribution in [-0.4, -0.2) is 31.9 Å². The molecule has 1 aromatic heterocycles. The lowest BCUT2D eigenvalue weighted by Crippen LogP contribution is -2.06. The molecule has 0 fully saturated rings. The Morgan fingerprint density at radius 2 is 2.00 bits per heavy atom. The first-order chi connectivity index (χ1) is 7.38. The Labute approximate surface area is 87.4 Å². The Hall–Kier alpha value is -1.75. The van der Waals surface area contributed by atoms with Gasteiger partial charge in [-0.2, -0.15) is 4.80 Å². The van der Waals surface area contributed by atoms with Gasteiger partial charge in [0.1, 0.15) is 0 Å². The van der Waals surface area contributed by atoms with Crippen molar-refractivity contribution in [3.05, 3.63) is 41.7 Å². The zero-order valence-corrected chi connectivity index (χ0v) is 8.24. The van der Waals surface area contributed by atoms with Crippen molar-refractivity contribution in [3.8, 4) is 0 Å². The maximum atomic E-state index is 8.69. The minimum atomic E-state index is 0.0289. The maximum Gasteiger partial charge on any atom is 0.179 e. The first-order valence-electron chi connectivity index (χ1n) is 4.80. The molecule has 0 saturated carbocycles. The van der Waals surface area contributed by atoms with E-state index in [0.717, 1.165) is 5.56 Å². The summed E-state index contributed by atoms with van der Waals surface area (Å²) in [5.74, 6) is 0.676. The summed E-state index contributed by atoms with van der Waals surface area (Å²) in [4.78, 5) is 1.40. The summed E-state index contributed by atoms with van der Waals surface area (Å²) >= 11 is 0. The zero-order chi connectivity index (χ0) is 10.5. The smallest absolute Gasteiger partial charge is 0.179 e. The fourth-order valence-electron chi connectivity index (χ4n) is 1.31. The Kier molecular flexibility index (Phi) is 3.04. The fourth-order valence-corrected chi connectivity index (χ4v) is 1.31. The van der Waals surface area contributed by atoms with Crippen LogP contribution in [0.2, 0.25) is 0 Å². The molecule has 0 saturated heterocycles. The van der Waals surface area contributed by atoms with Crippen LogP contribution in [0, 0.1) is 0 Å². The number of rotatable bonds is 4. The lowest BCUT2D eigenvalue weighted by atomic mass is 10.1. The van der Waals surface area contributed by atoms with Crippen molar-refractivity contribution in [2.75, 3.05) is 6.61 Å². The molecular formula is C10H12N4O. The molecule has 0 aliphatic heterocycles. The predicted molar refractivity (Wildman–Crippen MR) is 54.2 cm³/mol. The molecule has 15 heavy (non-hydrogen) atoms. The van der Waals surface area contributed by atoms with E-state index in [0.29, 0.717) is 18.8 Å². The van der Waals surface area contributed by atoms with E-state index in [9.17, 15) is 0 Å². The van der Waals surface area contributed by atoms with E-state index in [1.54, 1.807) is 0 Å². The maximum absolute atomic E-state index is 8.69. The minimum absolute atomic E-state index is 0.0289. The van der Waals surface area contributed by atoms with Gasteiger partial charge in [-0.3, -0.25) is 0 Å². The molecule has 2 aromatic rings. The van der Waals surface area contributed by atoms with Gasteiger partial charge in [-0.1, -0.05) is 30.3 Å². The van der Waals surface area contributed by atoms with Crippen LogP contribution < -0.4 is 0 Å². The predicted octanol–water partition coefficient (Wildman–Crippen LogP) is 0.256. The summed E-state index contributed by atoms with van der Waals surface area (Å²) in [6, 6.07) is 9.97. The van der Waals surface area contributed by atoms with Crippen LogP contribution in [-0.2, 0) is 13.0 Å². The van der Waals surface area contributed by atoms with Crippen molar-refractivity contribution >= 4 is 0 Å². The van der Waals surface area contributed by atoms with Gasteiger partial charge in [0.05, 0.1) is 13.2 Å². The minimum Gasteiger partial charge on any atom is -0.394 e. The molecule has 0 radical (unpaired) electrons. The van der Waals surface area contributed by atoms with Crippen LogP contribution in [0.3, 0.4) is 0 Å². The second-order valence-corrected chi connectivity index (χ2v) is 3.19. The molecule has 1 heterocycles. The molecule has 0 aliphatic rings. The first-order valence-corrected chi connectivity index (χ1v) is 4.80. The summed E-state index contributed by atoms with van der Waals surface area (Å²) in [6.07, 6.45) is 0.673. The van der Waals surface area contributed by atoms with E-state index >= 15 is 0 Å². The molecule has 0 aliphatic carbocycles. The summed E-state index contributed by atoms with van der Waals surface area (Å²) in [7, 11) is 0. The van der Waals surface area contributed by atoms with Gasteiger partial charge < -0.3 is 5.11 Å². The monoisotopic (exact) mass is 204 g/mol. The third-order valence-corrected chi connectivity index (χ3v) is 2.00. The number of aliphatic hydroxyl groups is 1. The molecule has 5 heteroatoms. The Balaban J connectivity index is 2.05. The molecule has 0 bridgehead atoms. The molecule has 78 valence electrons. The normalized spacial score (nSPS) is 10.5. The van der Waals surface area contributed by atoms with E-state index in [4.69, 9.17) is 5.11 Å². The van der Waals surface area contributed by atoms with Crippen molar-refractivity contribution in [2.45, 2.75) is 13.0 Å². The van der Waals surface area contributed by atoms with Crippen LogP contribution in [0.5, 0.6) is 0 Å². The van der Waals surface area contributed by atoms with Crippen molar-refractivity contribution in [2.24, 2.45) is 0 Å². The first kappa shape index (κ1) is 9.79. The highest BCUT2D eigenvalue weighted by molar-refractivity contribution is 5.17. The van der Waals surface area contributed by atoms with Gasteiger partial charge in [0.25, 0.3) is 0 Å². The van der Waals surface area contributed by atoms with Crippen molar-refractivity contribution < 1.29 is 5.11 Å². The second-order valence-electron chi connectivity index (χ2n) is 3.19. The van der Waals surface area contributed by atoms with E-state index in [1.807, 2.05) is 30.3 Å². The third kappa shape index (κ3) is 2.60. The van der Waals surface area contributed by atoms with Crippen molar-refractivity contribution in [1.82, 2.24) is 20.2 Å². The number of tetrazole rings is 1. The average molecular weight is 204 g/mol. The Morgan fingerprint density at radius 1 is 1.20 bits per heavy atom. The van der Waals surface area contributed by atoms with E-state index < -0.39 is 0 Å². The molecule has 0 unspecified atom stereocenters. The van der Waals surface area contributed by atoms with Crippen LogP contribution in [0.25, 0.3) is 0 Å². The second kappa shape index (κ2) is 4.65. The number of benzene rings is 1. The summed E-state index contributed by atoms with van der Waals surface area (Å²) < 4.78 is 0. The topological polar surface area (TPSA) is 63.8 Å². The fraction of sp³-hybridized carbons (Fsp3) is 0.300. The summed E-state index contributed by atoms with van der Waals surface area (Å²) in [5, 5.41) is 20.5. The van der Waals surface area contributed by atoms with Gasteiger partial charge in [-0.05, 0) is 10.8 Å². The molecule has 0 amide bonds. The number of aromatic nitrogens is 4. The zero-order valence-electron chi connectivity index (χ0n) is 8.24. The van der Waals surface area contributed by atoms with Crippen LogP contribution >= 0.6 is 0 Å². The lowest BCUT2D eigenvalue weighted by Gasteiger charge is -1.94. The number of hydrogen-bond donors (Lipinski definition) is 1. The number of nitrogens with zero attached hydrogens (tertiary/aromatic N) is 4. The third-order valence-electron chi connectivity index (χ3n) is 2.00. The average Bonchev–Trinajstić information content (AvgIpc) is 2.68. The van der Waals surface area contributed by atoms with Gasteiger partial charge >= 0.3 is 0 Å². The molecule has 1 N–H and O–H groups in total. The Bertz CT molecular complexity index is 412. The van der Waals surface area contributed by atoms with Gasteiger partial charge in [-0.25, -0.2) is 0 Å². The van der Waals surface area contributed by atoms with Crippen LogP contribution in [0.4, 0.5) is 0 Å². The van der Waals surface area contributed by atoms with Gasteiger partial charge in [-0.15, -0.1) is 10.2 Å². The molecule has 0 spiro atoms. The standard InChI is InChI=1S/C10H12N4O/c15-7-6-14-12-10(11-13-14)8-9-4-2-1-3-5-9/h1-5,15H,6-8H2. The van der Waals surface area contributed by atoms with Gasteiger partial charge in [0.2, 0.25) is 0 Å². The van der Waals surface area contributed by atoms with Crippen molar-refractivity contribution in [3.63, 3.8) is 0 Å². The highest BCUT2D eigenvalue weighted by atomic mass is 16.3. The quantitative estimate of drug-likeness (QED) is 0.775. The highest BCUT2D eigenvalue weighted by Crippen LogP contribution is 2.03. The SMILES string of the molecule is OCCn1nnc(Cc2ccccc2)n1. The molecular weight excluding hydrogens is 192 g/mol. The van der Waals surface area contributed by atoms with Crippen molar-refractivity contribution in [1.29, 1.82) is 0 Å². The number of hydrogen-bond acceptors (Lipinski definition) is 4. The van der Waals surface area contributed by atoms with Gasteiger partial charge in [0, 0.05) is 6.42 Å². The highest BCUT2D eigenvalue weighted by Gasteiger charge is 2.02.